The monoisotopic (exact) mass is 412 g/mol. The quantitative estimate of drug-likeness (QED) is 0.619. The van der Waals surface area contributed by atoms with Crippen LogP contribution in [0, 0.1) is 0 Å². The number of aromatic nitrogens is 1. The Morgan fingerprint density at radius 1 is 0.774 bits per heavy atom. The first kappa shape index (κ1) is 19.0. The molecule has 3 heterocycles. The van der Waals surface area contributed by atoms with E-state index in [4.69, 9.17) is 0 Å². The maximum absolute atomic E-state index is 13.1. The second-order valence-electron chi connectivity index (χ2n) is 7.51. The number of benzene rings is 2. The predicted molar refractivity (Wildman–Crippen MR) is 116 cm³/mol. The fourth-order valence-electron chi connectivity index (χ4n) is 4.06. The van der Waals surface area contributed by atoms with Crippen molar-refractivity contribution in [3.8, 4) is 0 Å². The lowest BCUT2D eigenvalue weighted by Gasteiger charge is -2.36. The molecule has 0 N–H and O–H groups in total. The molecule has 2 aromatic carbocycles. The zero-order chi connectivity index (χ0) is 21.4. The highest BCUT2D eigenvalue weighted by Crippen LogP contribution is 2.28. The molecule has 0 atom stereocenters. The minimum absolute atomic E-state index is 0.132. The van der Waals surface area contributed by atoms with Crippen LogP contribution in [-0.2, 0) is 0 Å². The molecule has 1 fully saturated rings. The van der Waals surface area contributed by atoms with E-state index in [2.05, 4.69) is 22.0 Å². The lowest BCUT2D eigenvalue weighted by Crippen LogP contribution is -2.48. The minimum Gasteiger partial charge on any atom is -0.368 e. The average molecular weight is 412 g/mol. The van der Waals surface area contributed by atoms with Crippen LogP contribution >= 0.6 is 0 Å². The molecule has 31 heavy (non-hydrogen) atoms. The number of carbonyl (C=O) groups is 3. The second-order valence-corrected chi connectivity index (χ2v) is 7.51. The van der Waals surface area contributed by atoms with Crippen molar-refractivity contribution in [2.75, 3.05) is 36.0 Å². The largest absolute Gasteiger partial charge is 0.368 e. The normalized spacial score (nSPS) is 15.9. The lowest BCUT2D eigenvalue weighted by molar-refractivity contribution is 0.0746. The molecular formula is C24H20N4O3. The van der Waals surface area contributed by atoms with Gasteiger partial charge in [0.2, 0.25) is 0 Å². The maximum Gasteiger partial charge on any atom is 0.267 e. The van der Waals surface area contributed by atoms with E-state index >= 15 is 0 Å². The molecule has 3 amide bonds. The molecule has 154 valence electrons. The summed E-state index contributed by atoms with van der Waals surface area (Å²) in [5, 5.41) is 0. The molecule has 7 heteroatoms. The molecular weight excluding hydrogens is 392 g/mol. The van der Waals surface area contributed by atoms with Crippen LogP contribution in [0.2, 0.25) is 0 Å². The third kappa shape index (κ3) is 3.34. The number of imide groups is 1. The number of para-hydroxylation sites is 1. The van der Waals surface area contributed by atoms with E-state index < -0.39 is 11.8 Å². The molecule has 1 saturated heterocycles. The summed E-state index contributed by atoms with van der Waals surface area (Å²) in [5.74, 6) is -0.734. The number of pyridine rings is 1. The molecule has 2 aliphatic rings. The highest BCUT2D eigenvalue weighted by atomic mass is 16.2. The van der Waals surface area contributed by atoms with Gasteiger partial charge in [0.25, 0.3) is 17.7 Å². The van der Waals surface area contributed by atoms with E-state index in [1.165, 1.54) is 12.3 Å². The van der Waals surface area contributed by atoms with Gasteiger partial charge in [0.1, 0.15) is 5.82 Å². The first-order valence-electron chi connectivity index (χ1n) is 10.2. The van der Waals surface area contributed by atoms with Crippen LogP contribution in [0.5, 0.6) is 0 Å². The van der Waals surface area contributed by atoms with Crippen molar-refractivity contribution in [1.29, 1.82) is 0 Å². The summed E-state index contributed by atoms with van der Waals surface area (Å²) in [5.41, 5.74) is 2.09. The van der Waals surface area contributed by atoms with Crippen molar-refractivity contribution in [3.05, 3.63) is 89.6 Å². The van der Waals surface area contributed by atoms with E-state index in [9.17, 15) is 14.4 Å². The topological polar surface area (TPSA) is 73.8 Å². The van der Waals surface area contributed by atoms with Gasteiger partial charge in [0.05, 0.1) is 11.1 Å². The summed E-state index contributed by atoms with van der Waals surface area (Å²) in [6.07, 6.45) is 1.53. The molecule has 1 aromatic heterocycles. The lowest BCUT2D eigenvalue weighted by atomic mass is 10.0. The maximum atomic E-state index is 13.1. The van der Waals surface area contributed by atoms with E-state index in [1.54, 1.807) is 35.2 Å². The van der Waals surface area contributed by atoms with Crippen molar-refractivity contribution in [2.24, 2.45) is 0 Å². The first-order valence-corrected chi connectivity index (χ1v) is 10.2. The van der Waals surface area contributed by atoms with Gasteiger partial charge in [-0.15, -0.1) is 0 Å². The average Bonchev–Trinajstić information content (AvgIpc) is 3.09. The molecule has 0 saturated carbocycles. The molecule has 0 unspecified atom stereocenters. The number of anilines is 2. The van der Waals surface area contributed by atoms with Crippen LogP contribution < -0.4 is 9.80 Å². The van der Waals surface area contributed by atoms with Crippen molar-refractivity contribution in [1.82, 2.24) is 9.88 Å². The Morgan fingerprint density at radius 2 is 1.48 bits per heavy atom. The Balaban J connectivity index is 1.33. The predicted octanol–water partition coefficient (Wildman–Crippen LogP) is 2.84. The number of carbonyl (C=O) groups excluding carboxylic acids is 3. The molecule has 5 rings (SSSR count). The van der Waals surface area contributed by atoms with Gasteiger partial charge in [-0.1, -0.05) is 24.3 Å². The van der Waals surface area contributed by atoms with Crippen LogP contribution in [0.25, 0.3) is 0 Å². The number of fused-ring (bicyclic) bond motifs is 1. The van der Waals surface area contributed by atoms with Crippen LogP contribution in [0.3, 0.4) is 0 Å². The standard InChI is InChI=1S/C24H20N4O3/c29-22(27-14-12-26(13-15-27)18-6-2-1-3-7-18)17-9-10-19-20(16-17)24(31)28(23(19)30)21-8-4-5-11-25-21/h1-11,16H,12-15H2. The smallest absolute Gasteiger partial charge is 0.267 e. The van der Waals surface area contributed by atoms with Gasteiger partial charge in [0, 0.05) is 43.6 Å². The van der Waals surface area contributed by atoms with Gasteiger partial charge in [0.15, 0.2) is 0 Å². The molecule has 2 aliphatic heterocycles. The van der Waals surface area contributed by atoms with E-state index in [0.717, 1.165) is 23.7 Å². The summed E-state index contributed by atoms with van der Waals surface area (Å²) < 4.78 is 0. The van der Waals surface area contributed by atoms with Crippen LogP contribution in [0.4, 0.5) is 11.5 Å². The Hall–Kier alpha value is -4.00. The van der Waals surface area contributed by atoms with Gasteiger partial charge in [-0.3, -0.25) is 14.4 Å². The minimum atomic E-state index is -0.456. The number of hydrogen-bond donors (Lipinski definition) is 0. The van der Waals surface area contributed by atoms with Crippen molar-refractivity contribution in [3.63, 3.8) is 0 Å². The Morgan fingerprint density at radius 3 is 2.19 bits per heavy atom. The van der Waals surface area contributed by atoms with Gasteiger partial charge in [-0.2, -0.15) is 0 Å². The molecule has 0 aliphatic carbocycles. The van der Waals surface area contributed by atoms with Crippen LogP contribution in [0.1, 0.15) is 31.1 Å². The van der Waals surface area contributed by atoms with Gasteiger partial charge >= 0.3 is 0 Å². The highest BCUT2D eigenvalue weighted by molar-refractivity contribution is 6.34. The van der Waals surface area contributed by atoms with E-state index in [0.29, 0.717) is 24.2 Å². The van der Waals surface area contributed by atoms with E-state index in [-0.39, 0.29) is 17.3 Å². The zero-order valence-electron chi connectivity index (χ0n) is 16.8. The summed E-state index contributed by atoms with van der Waals surface area (Å²) in [6, 6.07) is 19.9. The SMILES string of the molecule is O=C(c1ccc2c(c1)C(=O)N(c1ccccn1)C2=O)N1CCN(c2ccccc2)CC1. The zero-order valence-corrected chi connectivity index (χ0v) is 16.8. The number of rotatable bonds is 3. The third-order valence-corrected chi connectivity index (χ3v) is 5.70. The molecule has 7 nitrogen and oxygen atoms in total. The first-order chi connectivity index (χ1) is 15.1. The number of amides is 3. The second kappa shape index (κ2) is 7.68. The summed E-state index contributed by atoms with van der Waals surface area (Å²) >= 11 is 0. The number of piperazine rings is 1. The number of hydrogen-bond acceptors (Lipinski definition) is 5. The molecule has 3 aromatic rings. The van der Waals surface area contributed by atoms with Crippen molar-refractivity contribution >= 4 is 29.2 Å². The summed E-state index contributed by atoms with van der Waals surface area (Å²) in [4.78, 5) is 47.9. The molecule has 0 spiro atoms. The van der Waals surface area contributed by atoms with Gasteiger partial charge in [-0.25, -0.2) is 9.88 Å². The van der Waals surface area contributed by atoms with Crippen LogP contribution in [-0.4, -0.2) is 53.8 Å². The fourth-order valence-corrected chi connectivity index (χ4v) is 4.06. The van der Waals surface area contributed by atoms with Gasteiger partial charge in [-0.05, 0) is 42.5 Å². The summed E-state index contributed by atoms with van der Waals surface area (Å²) in [7, 11) is 0. The highest BCUT2D eigenvalue weighted by Gasteiger charge is 2.38. The Labute approximate surface area is 179 Å². The third-order valence-electron chi connectivity index (χ3n) is 5.70. The van der Waals surface area contributed by atoms with Gasteiger partial charge < -0.3 is 9.80 Å². The summed E-state index contributed by atoms with van der Waals surface area (Å²) in [6.45, 7) is 2.67. The van der Waals surface area contributed by atoms with Crippen molar-refractivity contribution < 1.29 is 14.4 Å². The molecule has 0 radical (unpaired) electrons. The van der Waals surface area contributed by atoms with Crippen molar-refractivity contribution in [2.45, 2.75) is 0 Å². The Kier molecular flexibility index (Phi) is 4.71. The Bertz CT molecular complexity index is 1160. The fraction of sp³-hybridized carbons (Fsp3) is 0.167. The van der Waals surface area contributed by atoms with E-state index in [1.807, 2.05) is 18.2 Å². The molecule has 0 bridgehead atoms. The van der Waals surface area contributed by atoms with Crippen LogP contribution in [0.15, 0.2) is 72.9 Å². The number of nitrogens with zero attached hydrogens (tertiary/aromatic N) is 4.